The Kier molecular flexibility index (Phi) is 7.84. The van der Waals surface area contributed by atoms with Crippen molar-refractivity contribution in [1.82, 2.24) is 0 Å². The minimum atomic E-state index is -0.854. The molecule has 0 aliphatic heterocycles. The van der Waals surface area contributed by atoms with Crippen LogP contribution in [0.5, 0.6) is 0 Å². The van der Waals surface area contributed by atoms with Crippen LogP contribution in [-0.4, -0.2) is 17.9 Å². The number of hydrogen-bond donors (Lipinski definition) is 0. The Bertz CT molecular complexity index is 418. The van der Waals surface area contributed by atoms with Gasteiger partial charge in [0.15, 0.2) is 0 Å². The SMILES string of the molecule is C=CC(=O)OC(=O)C(C)=C(CCCC)OC(=O)C=C. The van der Waals surface area contributed by atoms with E-state index in [1.807, 2.05) is 6.92 Å². The summed E-state index contributed by atoms with van der Waals surface area (Å²) in [6, 6.07) is 0. The zero-order valence-corrected chi connectivity index (χ0v) is 11.2. The Morgan fingerprint density at radius 3 is 2.05 bits per heavy atom. The Morgan fingerprint density at radius 2 is 1.58 bits per heavy atom. The van der Waals surface area contributed by atoms with Crippen LogP contribution in [0.4, 0.5) is 0 Å². The van der Waals surface area contributed by atoms with E-state index in [-0.39, 0.29) is 11.3 Å². The monoisotopic (exact) mass is 266 g/mol. The third kappa shape index (κ3) is 6.35. The first-order chi connectivity index (χ1) is 8.96. The molecule has 0 radical (unpaired) electrons. The van der Waals surface area contributed by atoms with Crippen LogP contribution in [-0.2, 0) is 23.9 Å². The maximum atomic E-state index is 11.6. The van der Waals surface area contributed by atoms with Crippen LogP contribution in [0, 0.1) is 0 Å². The maximum absolute atomic E-state index is 11.6. The first-order valence-corrected chi connectivity index (χ1v) is 5.88. The van der Waals surface area contributed by atoms with E-state index in [1.54, 1.807) is 0 Å². The normalized spacial score (nSPS) is 11.1. The highest BCUT2D eigenvalue weighted by molar-refractivity contribution is 5.99. The van der Waals surface area contributed by atoms with Gasteiger partial charge in [-0.3, -0.25) is 0 Å². The molecule has 0 unspecified atom stereocenters. The summed E-state index contributed by atoms with van der Waals surface area (Å²) < 4.78 is 9.45. The molecule has 0 bridgehead atoms. The van der Waals surface area contributed by atoms with Gasteiger partial charge >= 0.3 is 17.9 Å². The number of carbonyl (C=O) groups is 3. The molecular formula is C14H18O5. The predicted molar refractivity (Wildman–Crippen MR) is 69.8 cm³/mol. The van der Waals surface area contributed by atoms with E-state index >= 15 is 0 Å². The molecule has 0 spiro atoms. The first kappa shape index (κ1) is 16.8. The topological polar surface area (TPSA) is 69.7 Å². The molecule has 19 heavy (non-hydrogen) atoms. The molecule has 0 aromatic rings. The van der Waals surface area contributed by atoms with E-state index in [4.69, 9.17) is 4.74 Å². The van der Waals surface area contributed by atoms with Gasteiger partial charge in [0, 0.05) is 18.6 Å². The Hall–Kier alpha value is -2.17. The fourth-order valence-electron chi connectivity index (χ4n) is 1.14. The molecular weight excluding hydrogens is 248 g/mol. The lowest BCUT2D eigenvalue weighted by molar-refractivity contribution is -0.153. The Balaban J connectivity index is 5.02. The predicted octanol–water partition coefficient (Wildman–Crippen LogP) is 2.44. The van der Waals surface area contributed by atoms with Gasteiger partial charge < -0.3 is 9.47 Å². The van der Waals surface area contributed by atoms with Gasteiger partial charge in [0.05, 0.1) is 5.57 Å². The molecule has 0 atom stereocenters. The van der Waals surface area contributed by atoms with Crippen LogP contribution in [0.3, 0.4) is 0 Å². The molecule has 0 saturated carbocycles. The number of esters is 3. The van der Waals surface area contributed by atoms with Crippen molar-refractivity contribution in [3.8, 4) is 0 Å². The third-order valence-corrected chi connectivity index (χ3v) is 2.23. The maximum Gasteiger partial charge on any atom is 0.345 e. The molecule has 0 aromatic heterocycles. The van der Waals surface area contributed by atoms with Crippen LogP contribution in [0.2, 0.25) is 0 Å². The van der Waals surface area contributed by atoms with Gasteiger partial charge in [0.2, 0.25) is 0 Å². The largest absolute Gasteiger partial charge is 0.427 e. The summed E-state index contributed by atoms with van der Waals surface area (Å²) in [6.45, 7) is 9.86. The van der Waals surface area contributed by atoms with E-state index in [9.17, 15) is 14.4 Å². The van der Waals surface area contributed by atoms with Gasteiger partial charge in [-0.2, -0.15) is 0 Å². The average molecular weight is 266 g/mol. The number of allylic oxidation sites excluding steroid dienone is 1. The first-order valence-electron chi connectivity index (χ1n) is 5.88. The summed E-state index contributed by atoms with van der Waals surface area (Å²) in [7, 11) is 0. The summed E-state index contributed by atoms with van der Waals surface area (Å²) in [5.41, 5.74) is 0.0823. The fraction of sp³-hybridized carbons (Fsp3) is 0.357. The lowest BCUT2D eigenvalue weighted by Gasteiger charge is -2.10. The standard InChI is InChI=1S/C14H18O5/c1-5-8-9-11(18-12(15)6-2)10(4)14(17)19-13(16)7-3/h6-7H,2-3,5,8-9H2,1,4H3. The van der Waals surface area contributed by atoms with E-state index in [2.05, 4.69) is 17.9 Å². The highest BCUT2D eigenvalue weighted by atomic mass is 16.6. The fourth-order valence-corrected chi connectivity index (χ4v) is 1.14. The van der Waals surface area contributed by atoms with Gasteiger partial charge in [0.25, 0.3) is 0 Å². The lowest BCUT2D eigenvalue weighted by atomic mass is 10.1. The van der Waals surface area contributed by atoms with Crippen molar-refractivity contribution < 1.29 is 23.9 Å². The second kappa shape index (κ2) is 8.85. The summed E-state index contributed by atoms with van der Waals surface area (Å²) >= 11 is 0. The number of ether oxygens (including phenoxy) is 2. The van der Waals surface area contributed by atoms with Crippen molar-refractivity contribution in [3.05, 3.63) is 36.6 Å². The highest BCUT2D eigenvalue weighted by Gasteiger charge is 2.17. The summed E-state index contributed by atoms with van der Waals surface area (Å²) in [4.78, 5) is 33.7. The highest BCUT2D eigenvalue weighted by Crippen LogP contribution is 2.16. The van der Waals surface area contributed by atoms with Crippen molar-refractivity contribution in [2.75, 3.05) is 0 Å². The Labute approximate surface area is 112 Å². The molecule has 0 amide bonds. The molecule has 0 rings (SSSR count). The van der Waals surface area contributed by atoms with Gasteiger partial charge in [-0.05, 0) is 13.3 Å². The Morgan fingerprint density at radius 1 is 1.05 bits per heavy atom. The molecule has 0 aromatic carbocycles. The number of rotatable bonds is 7. The minimum Gasteiger partial charge on any atom is -0.427 e. The zero-order chi connectivity index (χ0) is 14.8. The summed E-state index contributed by atoms with van der Waals surface area (Å²) in [6.07, 6.45) is 3.88. The molecule has 5 nitrogen and oxygen atoms in total. The van der Waals surface area contributed by atoms with Crippen molar-refractivity contribution in [1.29, 1.82) is 0 Å². The van der Waals surface area contributed by atoms with Gasteiger partial charge in [-0.25, -0.2) is 14.4 Å². The van der Waals surface area contributed by atoms with Crippen LogP contribution in [0.25, 0.3) is 0 Å². The second-order valence-electron chi connectivity index (χ2n) is 3.69. The quantitative estimate of drug-likeness (QED) is 0.306. The van der Waals surface area contributed by atoms with Crippen molar-refractivity contribution >= 4 is 17.9 Å². The molecule has 0 aliphatic rings. The van der Waals surface area contributed by atoms with Gasteiger partial charge in [0.1, 0.15) is 5.76 Å². The summed E-state index contributed by atoms with van der Waals surface area (Å²) in [5.74, 6) is -2.18. The summed E-state index contributed by atoms with van der Waals surface area (Å²) in [5, 5.41) is 0. The number of carbonyl (C=O) groups excluding carboxylic acids is 3. The van der Waals surface area contributed by atoms with E-state index in [1.165, 1.54) is 6.92 Å². The molecule has 0 fully saturated rings. The van der Waals surface area contributed by atoms with Gasteiger partial charge in [-0.15, -0.1) is 0 Å². The molecule has 104 valence electrons. The molecule has 0 N–H and O–H groups in total. The molecule has 5 heteroatoms. The van der Waals surface area contributed by atoms with E-state index in [0.717, 1.165) is 25.0 Å². The second-order valence-corrected chi connectivity index (χ2v) is 3.69. The van der Waals surface area contributed by atoms with Crippen LogP contribution >= 0.6 is 0 Å². The molecule has 0 aliphatic carbocycles. The van der Waals surface area contributed by atoms with Gasteiger partial charge in [-0.1, -0.05) is 26.5 Å². The average Bonchev–Trinajstić information content (AvgIpc) is 2.41. The van der Waals surface area contributed by atoms with Crippen LogP contribution in [0.1, 0.15) is 33.1 Å². The van der Waals surface area contributed by atoms with Crippen molar-refractivity contribution in [2.24, 2.45) is 0 Å². The van der Waals surface area contributed by atoms with Crippen molar-refractivity contribution in [2.45, 2.75) is 33.1 Å². The zero-order valence-electron chi connectivity index (χ0n) is 11.2. The van der Waals surface area contributed by atoms with Crippen LogP contribution in [0.15, 0.2) is 36.6 Å². The third-order valence-electron chi connectivity index (χ3n) is 2.23. The van der Waals surface area contributed by atoms with E-state index in [0.29, 0.717) is 6.42 Å². The lowest BCUT2D eigenvalue weighted by Crippen LogP contribution is -2.14. The number of unbranched alkanes of at least 4 members (excludes halogenated alkanes) is 1. The minimum absolute atomic E-state index is 0.0823. The van der Waals surface area contributed by atoms with E-state index < -0.39 is 17.9 Å². The smallest absolute Gasteiger partial charge is 0.345 e. The van der Waals surface area contributed by atoms with Crippen LogP contribution < -0.4 is 0 Å². The number of hydrogen-bond acceptors (Lipinski definition) is 5. The molecule has 0 heterocycles. The molecule has 0 saturated heterocycles. The van der Waals surface area contributed by atoms with Crippen molar-refractivity contribution in [3.63, 3.8) is 0 Å².